The monoisotopic (exact) mass is 594 g/mol. The van der Waals surface area contributed by atoms with Gasteiger partial charge in [0.05, 0.1) is 5.69 Å². The van der Waals surface area contributed by atoms with Gasteiger partial charge >= 0.3 is 0 Å². The van der Waals surface area contributed by atoms with E-state index < -0.39 is 0 Å². The van der Waals surface area contributed by atoms with E-state index >= 15 is 0 Å². The number of thiol groups is 1. The molecular weight excluding hydrogens is 549 g/mol. The number of anilines is 2. The molecule has 0 atom stereocenters. The average Bonchev–Trinajstić information content (AvgIpc) is 3.59. The number of nitrogens with zero attached hydrogens (tertiary/aromatic N) is 2. The predicted molar refractivity (Wildman–Crippen MR) is 196 cm³/mol. The maximum absolute atomic E-state index is 4.71. The van der Waals surface area contributed by atoms with Crippen LogP contribution in [0.1, 0.15) is 54.0 Å². The van der Waals surface area contributed by atoms with E-state index in [9.17, 15) is 0 Å². The maximum Gasteiger partial charge on any atom is 0.0567 e. The summed E-state index contributed by atoms with van der Waals surface area (Å²) in [6.45, 7) is 30.7. The molecule has 0 saturated heterocycles. The van der Waals surface area contributed by atoms with Gasteiger partial charge < -0.3 is 4.90 Å². The fourth-order valence-corrected chi connectivity index (χ4v) is 5.96. The third-order valence-electron chi connectivity index (χ3n) is 6.82. The number of hydrogen-bond acceptors (Lipinski definition) is 4. The molecule has 3 aromatic rings. The number of allylic oxidation sites excluding steroid dienone is 8. The lowest BCUT2D eigenvalue weighted by molar-refractivity contribution is 0.651. The molecule has 220 valence electrons. The Morgan fingerprint density at radius 1 is 0.905 bits per heavy atom. The smallest absolute Gasteiger partial charge is 0.0567 e. The van der Waals surface area contributed by atoms with Gasteiger partial charge in [0.2, 0.25) is 0 Å². The van der Waals surface area contributed by atoms with Crippen molar-refractivity contribution in [2.24, 2.45) is 0 Å². The SMILES string of the molecule is C=C/C=C\C(=C)N(/C(C=C)=C/C=C\C)c1ccc(-c2ccc(-c3ccc4c(c3)N(S)C(=C)C4(C)C)s2)cc1.CC.CC. The highest BCUT2D eigenvalue weighted by Crippen LogP contribution is 2.49. The molecule has 0 N–H and O–H groups in total. The van der Waals surface area contributed by atoms with Crippen LogP contribution in [0.4, 0.5) is 11.4 Å². The lowest BCUT2D eigenvalue weighted by Gasteiger charge is -2.26. The zero-order valence-electron chi connectivity index (χ0n) is 26.3. The highest BCUT2D eigenvalue weighted by molar-refractivity contribution is 7.82. The molecule has 0 fully saturated rings. The Kier molecular flexibility index (Phi) is 13.2. The Morgan fingerprint density at radius 3 is 2.07 bits per heavy atom. The Labute approximate surface area is 264 Å². The maximum atomic E-state index is 4.71. The molecule has 42 heavy (non-hydrogen) atoms. The number of benzene rings is 2. The fourth-order valence-electron chi connectivity index (χ4n) is 4.54. The van der Waals surface area contributed by atoms with Gasteiger partial charge in [-0.1, -0.05) is 129 Å². The molecule has 0 bridgehead atoms. The standard InChI is InChI=1S/C34H34N2S2.2C2H6/c1-8-11-13-24(4)35(28(10-3)14-12-9-2)29-18-15-26(16-19-29)32-21-22-33(38-32)27-17-20-30-31(23-27)36(37)25(5)34(30,6)7;2*1-2/h8-23,37H,1,3-5H2,2,6-7H3;2*1-2H3/b12-9-,13-11-,28-14+;;. The van der Waals surface area contributed by atoms with Crippen molar-refractivity contribution in [3.05, 3.63) is 146 Å². The molecule has 1 aliphatic heterocycles. The fraction of sp³-hybridized carbons (Fsp3) is 0.211. The van der Waals surface area contributed by atoms with Crippen LogP contribution >= 0.6 is 24.2 Å². The summed E-state index contributed by atoms with van der Waals surface area (Å²) in [5.74, 6) is 0. The lowest BCUT2D eigenvalue weighted by atomic mass is 9.84. The molecule has 1 aromatic heterocycles. The van der Waals surface area contributed by atoms with Gasteiger partial charge in [0, 0.05) is 37.9 Å². The first-order valence-corrected chi connectivity index (χ1v) is 15.7. The molecule has 0 aliphatic carbocycles. The minimum atomic E-state index is -0.119. The topological polar surface area (TPSA) is 6.48 Å². The largest absolute Gasteiger partial charge is 0.311 e. The van der Waals surface area contributed by atoms with Crippen LogP contribution in [-0.2, 0) is 5.41 Å². The normalized spacial score (nSPS) is 13.7. The summed E-state index contributed by atoms with van der Waals surface area (Å²) in [4.78, 5) is 4.52. The summed E-state index contributed by atoms with van der Waals surface area (Å²) in [7, 11) is 0. The molecule has 0 amide bonds. The van der Waals surface area contributed by atoms with Gasteiger partial charge in [0.15, 0.2) is 0 Å². The average molecular weight is 595 g/mol. The first-order valence-electron chi connectivity index (χ1n) is 14.5. The van der Waals surface area contributed by atoms with Gasteiger partial charge in [0.1, 0.15) is 0 Å². The van der Waals surface area contributed by atoms with Crippen LogP contribution in [0.5, 0.6) is 0 Å². The quantitative estimate of drug-likeness (QED) is 0.194. The Balaban J connectivity index is 0.00000148. The minimum Gasteiger partial charge on any atom is -0.311 e. The van der Waals surface area contributed by atoms with Crippen molar-refractivity contribution in [1.29, 1.82) is 0 Å². The van der Waals surface area contributed by atoms with Crippen LogP contribution < -0.4 is 9.21 Å². The molecule has 0 unspecified atom stereocenters. The van der Waals surface area contributed by atoms with Gasteiger partial charge in [-0.05, 0) is 72.2 Å². The summed E-state index contributed by atoms with van der Waals surface area (Å²) in [6, 6.07) is 19.6. The van der Waals surface area contributed by atoms with E-state index in [0.717, 1.165) is 28.5 Å². The van der Waals surface area contributed by atoms with E-state index in [1.54, 1.807) is 17.4 Å². The van der Waals surface area contributed by atoms with Crippen LogP contribution in [0.3, 0.4) is 0 Å². The van der Waals surface area contributed by atoms with E-state index in [-0.39, 0.29) is 5.41 Å². The minimum absolute atomic E-state index is 0.119. The van der Waals surface area contributed by atoms with Crippen molar-refractivity contribution in [3.63, 3.8) is 0 Å². The van der Waals surface area contributed by atoms with Crippen LogP contribution in [0, 0.1) is 0 Å². The number of hydrogen-bond donors (Lipinski definition) is 1. The Morgan fingerprint density at radius 2 is 1.50 bits per heavy atom. The van der Waals surface area contributed by atoms with Gasteiger partial charge in [-0.25, -0.2) is 0 Å². The van der Waals surface area contributed by atoms with Crippen molar-refractivity contribution in [2.75, 3.05) is 9.21 Å². The lowest BCUT2D eigenvalue weighted by Crippen LogP contribution is -2.19. The van der Waals surface area contributed by atoms with Crippen molar-refractivity contribution >= 4 is 35.5 Å². The van der Waals surface area contributed by atoms with Crippen LogP contribution in [-0.4, -0.2) is 0 Å². The van der Waals surface area contributed by atoms with E-state index in [1.807, 2.05) is 75.4 Å². The molecule has 0 spiro atoms. The Bertz CT molecular complexity index is 1480. The molecule has 2 heterocycles. The van der Waals surface area contributed by atoms with E-state index in [1.165, 1.54) is 26.4 Å². The highest BCUT2D eigenvalue weighted by Gasteiger charge is 2.38. The van der Waals surface area contributed by atoms with Crippen molar-refractivity contribution in [3.8, 4) is 20.9 Å². The highest BCUT2D eigenvalue weighted by atomic mass is 32.1. The first-order chi connectivity index (χ1) is 20.2. The van der Waals surface area contributed by atoms with E-state index in [2.05, 4.69) is 99.7 Å². The van der Waals surface area contributed by atoms with E-state index in [0.29, 0.717) is 0 Å². The van der Waals surface area contributed by atoms with Crippen LogP contribution in [0.2, 0.25) is 0 Å². The number of fused-ring (bicyclic) bond motifs is 1. The van der Waals surface area contributed by atoms with Gasteiger partial charge in [0.25, 0.3) is 0 Å². The molecule has 2 nitrogen and oxygen atoms in total. The second kappa shape index (κ2) is 16.1. The molecule has 0 saturated carbocycles. The summed E-state index contributed by atoms with van der Waals surface area (Å²) < 4.78 is 1.91. The molecular formula is C38H46N2S2. The van der Waals surface area contributed by atoms with Crippen molar-refractivity contribution in [1.82, 2.24) is 0 Å². The molecule has 4 heteroatoms. The second-order valence-corrected chi connectivity index (χ2v) is 11.1. The van der Waals surface area contributed by atoms with Gasteiger partial charge in [-0.15, -0.1) is 11.3 Å². The number of rotatable bonds is 9. The van der Waals surface area contributed by atoms with Gasteiger partial charge in [-0.3, -0.25) is 4.31 Å². The number of thiophene rings is 1. The van der Waals surface area contributed by atoms with Gasteiger partial charge in [-0.2, -0.15) is 0 Å². The summed E-state index contributed by atoms with van der Waals surface area (Å²) >= 11 is 6.49. The van der Waals surface area contributed by atoms with E-state index in [4.69, 9.17) is 12.8 Å². The predicted octanol–water partition coefficient (Wildman–Crippen LogP) is 12.3. The zero-order chi connectivity index (χ0) is 31.4. The summed E-state index contributed by atoms with van der Waals surface area (Å²) in [5, 5.41) is 0. The molecule has 0 radical (unpaired) electrons. The third kappa shape index (κ3) is 7.36. The molecule has 1 aliphatic rings. The van der Waals surface area contributed by atoms with Crippen LogP contribution in [0.25, 0.3) is 20.9 Å². The molecule has 2 aromatic carbocycles. The van der Waals surface area contributed by atoms with Crippen molar-refractivity contribution < 1.29 is 0 Å². The van der Waals surface area contributed by atoms with Crippen molar-refractivity contribution in [2.45, 2.75) is 53.9 Å². The zero-order valence-corrected chi connectivity index (χ0v) is 28.0. The van der Waals surface area contributed by atoms with Crippen LogP contribution in [0.15, 0.2) is 141 Å². The molecule has 4 rings (SSSR count). The summed E-state index contributed by atoms with van der Waals surface area (Å²) in [5.41, 5.74) is 8.36. The summed E-state index contributed by atoms with van der Waals surface area (Å²) in [6.07, 6.45) is 13.4. The third-order valence-corrected chi connectivity index (χ3v) is 8.46. The second-order valence-electron chi connectivity index (χ2n) is 9.57. The first kappa shape index (κ1) is 34.5. The Hall–Kier alpha value is -3.73.